The minimum absolute atomic E-state index is 0.327. The van der Waals surface area contributed by atoms with Crippen molar-refractivity contribution < 1.29 is 5.11 Å². The third kappa shape index (κ3) is 1.91. The fourth-order valence-electron chi connectivity index (χ4n) is 5.34. The van der Waals surface area contributed by atoms with E-state index in [9.17, 15) is 5.11 Å². The molecule has 102 valence electrons. The van der Waals surface area contributed by atoms with E-state index < -0.39 is 0 Å². The highest BCUT2D eigenvalue weighted by molar-refractivity contribution is 9.11. The molecule has 19 heavy (non-hydrogen) atoms. The Bertz CT molecular complexity index is 479. The van der Waals surface area contributed by atoms with E-state index in [0.29, 0.717) is 11.2 Å². The second-order valence-electron chi connectivity index (χ2n) is 6.99. The molecule has 0 unspecified atom stereocenters. The lowest BCUT2D eigenvalue weighted by molar-refractivity contribution is -0.00525. The Kier molecular flexibility index (Phi) is 2.83. The Labute approximate surface area is 131 Å². The number of rotatable bonds is 1. The van der Waals surface area contributed by atoms with Crippen LogP contribution in [0.3, 0.4) is 0 Å². The molecule has 4 aliphatic rings. The van der Waals surface area contributed by atoms with Crippen LogP contribution < -0.4 is 0 Å². The predicted octanol–water partition coefficient (Wildman–Crippen LogP) is 5.39. The maximum Gasteiger partial charge on any atom is 0.143 e. The van der Waals surface area contributed by atoms with E-state index in [2.05, 4.69) is 44.0 Å². The smallest absolute Gasteiger partial charge is 0.143 e. The van der Waals surface area contributed by atoms with E-state index in [0.717, 1.165) is 26.7 Å². The van der Waals surface area contributed by atoms with Gasteiger partial charge in [0.1, 0.15) is 5.75 Å². The average molecular weight is 386 g/mol. The summed E-state index contributed by atoms with van der Waals surface area (Å²) in [5.41, 5.74) is 1.83. The summed E-state index contributed by atoms with van der Waals surface area (Å²) in [7, 11) is 0. The van der Waals surface area contributed by atoms with E-state index in [1.54, 1.807) is 0 Å². The van der Waals surface area contributed by atoms with Crippen molar-refractivity contribution in [2.24, 2.45) is 17.8 Å². The zero-order chi connectivity index (χ0) is 13.2. The van der Waals surface area contributed by atoms with Gasteiger partial charge in [-0.05, 0) is 111 Å². The van der Waals surface area contributed by atoms with Gasteiger partial charge in [-0.2, -0.15) is 0 Å². The topological polar surface area (TPSA) is 20.2 Å². The maximum absolute atomic E-state index is 9.92. The molecule has 4 aliphatic carbocycles. The van der Waals surface area contributed by atoms with Gasteiger partial charge in [0.25, 0.3) is 0 Å². The third-order valence-electron chi connectivity index (χ3n) is 5.67. The van der Waals surface area contributed by atoms with Gasteiger partial charge >= 0.3 is 0 Å². The molecule has 0 heterocycles. The maximum atomic E-state index is 9.92. The van der Waals surface area contributed by atoms with Gasteiger partial charge in [-0.3, -0.25) is 0 Å². The summed E-state index contributed by atoms with van der Waals surface area (Å²) < 4.78 is 1.65. The minimum atomic E-state index is 0.327. The first-order valence-electron chi connectivity index (χ1n) is 7.24. The molecule has 1 aromatic carbocycles. The number of hydrogen-bond donors (Lipinski definition) is 1. The van der Waals surface area contributed by atoms with Crippen molar-refractivity contribution in [3.63, 3.8) is 0 Å². The molecule has 0 atom stereocenters. The Morgan fingerprint density at radius 3 is 1.74 bits per heavy atom. The lowest BCUT2D eigenvalue weighted by Crippen LogP contribution is -2.48. The molecule has 0 spiro atoms. The quantitative estimate of drug-likeness (QED) is 0.687. The normalized spacial score (nSPS) is 39.8. The summed E-state index contributed by atoms with van der Waals surface area (Å²) in [5, 5.41) is 9.92. The number of phenolic OH excluding ortho intramolecular Hbond substituents is 1. The number of hydrogen-bond acceptors (Lipinski definition) is 1. The molecule has 0 amide bonds. The highest BCUT2D eigenvalue weighted by atomic mass is 79.9. The van der Waals surface area contributed by atoms with E-state index >= 15 is 0 Å². The molecule has 3 heteroatoms. The SMILES string of the molecule is Oc1c(Br)cc(C23CC4CC(CC(C4)C2)C3)cc1Br. The van der Waals surface area contributed by atoms with E-state index in [-0.39, 0.29) is 0 Å². The molecular weight excluding hydrogens is 368 g/mol. The number of aromatic hydroxyl groups is 1. The highest BCUT2D eigenvalue weighted by Gasteiger charge is 2.51. The molecule has 4 fully saturated rings. The zero-order valence-corrected chi connectivity index (χ0v) is 14.0. The van der Waals surface area contributed by atoms with Crippen molar-refractivity contribution >= 4 is 31.9 Å². The monoisotopic (exact) mass is 384 g/mol. The van der Waals surface area contributed by atoms with Gasteiger partial charge in [-0.15, -0.1) is 0 Å². The largest absolute Gasteiger partial charge is 0.506 e. The second kappa shape index (κ2) is 4.24. The van der Waals surface area contributed by atoms with Crippen molar-refractivity contribution in [1.29, 1.82) is 0 Å². The molecule has 1 N–H and O–H groups in total. The van der Waals surface area contributed by atoms with Crippen molar-refractivity contribution in [2.75, 3.05) is 0 Å². The molecule has 1 aromatic rings. The number of halogens is 2. The van der Waals surface area contributed by atoms with Gasteiger partial charge in [0.05, 0.1) is 8.95 Å². The van der Waals surface area contributed by atoms with Gasteiger partial charge in [0.15, 0.2) is 0 Å². The lowest BCUT2D eigenvalue weighted by atomic mass is 9.48. The highest BCUT2D eigenvalue weighted by Crippen LogP contribution is 2.61. The minimum Gasteiger partial charge on any atom is -0.506 e. The predicted molar refractivity (Wildman–Crippen MR) is 83.4 cm³/mol. The van der Waals surface area contributed by atoms with E-state index in [1.807, 2.05) is 0 Å². The van der Waals surface area contributed by atoms with Gasteiger partial charge in [-0.25, -0.2) is 0 Å². The third-order valence-corrected chi connectivity index (χ3v) is 6.88. The van der Waals surface area contributed by atoms with Crippen LogP contribution in [0.2, 0.25) is 0 Å². The van der Waals surface area contributed by atoms with Crippen LogP contribution in [-0.4, -0.2) is 5.11 Å². The van der Waals surface area contributed by atoms with Crippen LogP contribution >= 0.6 is 31.9 Å². The lowest BCUT2D eigenvalue weighted by Gasteiger charge is -2.57. The van der Waals surface area contributed by atoms with Crippen molar-refractivity contribution in [2.45, 2.75) is 43.9 Å². The molecule has 5 rings (SSSR count). The number of phenols is 1. The molecular formula is C16H18Br2O. The van der Waals surface area contributed by atoms with Gasteiger partial charge in [0, 0.05) is 0 Å². The Morgan fingerprint density at radius 1 is 0.895 bits per heavy atom. The van der Waals surface area contributed by atoms with Crippen LogP contribution in [0, 0.1) is 17.8 Å². The summed E-state index contributed by atoms with van der Waals surface area (Å²) in [6.07, 6.45) is 8.51. The molecule has 0 radical (unpaired) electrons. The van der Waals surface area contributed by atoms with E-state index in [4.69, 9.17) is 0 Å². The van der Waals surface area contributed by atoms with E-state index in [1.165, 1.54) is 44.1 Å². The van der Waals surface area contributed by atoms with Crippen molar-refractivity contribution in [3.05, 3.63) is 26.6 Å². The molecule has 0 saturated heterocycles. The van der Waals surface area contributed by atoms with Crippen LogP contribution in [0.15, 0.2) is 21.1 Å². The van der Waals surface area contributed by atoms with Crippen LogP contribution in [-0.2, 0) is 5.41 Å². The molecule has 1 nitrogen and oxygen atoms in total. The van der Waals surface area contributed by atoms with Crippen LogP contribution in [0.1, 0.15) is 44.1 Å². The van der Waals surface area contributed by atoms with Gasteiger partial charge in [0.2, 0.25) is 0 Å². The summed E-state index contributed by atoms with van der Waals surface area (Å²) in [4.78, 5) is 0. The van der Waals surface area contributed by atoms with Crippen LogP contribution in [0.4, 0.5) is 0 Å². The Balaban J connectivity index is 1.79. The average Bonchev–Trinajstić information content (AvgIpc) is 2.33. The fraction of sp³-hybridized carbons (Fsp3) is 0.625. The molecule has 4 bridgehead atoms. The Morgan fingerprint density at radius 2 is 1.32 bits per heavy atom. The van der Waals surface area contributed by atoms with Crippen molar-refractivity contribution in [1.82, 2.24) is 0 Å². The first kappa shape index (κ1) is 12.7. The Hall–Kier alpha value is -0.0200. The molecule has 0 aliphatic heterocycles. The number of benzene rings is 1. The molecule has 0 aromatic heterocycles. The van der Waals surface area contributed by atoms with Crippen LogP contribution in [0.5, 0.6) is 5.75 Å². The van der Waals surface area contributed by atoms with Gasteiger partial charge < -0.3 is 5.11 Å². The standard InChI is InChI=1S/C16H18Br2O/c17-13-4-12(5-14(18)15(13)19)16-6-9-1-10(7-16)3-11(2-9)8-16/h4-5,9-11,19H,1-3,6-8H2. The summed E-state index contributed by atoms with van der Waals surface area (Å²) >= 11 is 6.99. The van der Waals surface area contributed by atoms with Crippen molar-refractivity contribution in [3.8, 4) is 5.75 Å². The molecule has 4 saturated carbocycles. The summed E-state index contributed by atoms with van der Waals surface area (Å²) in [6, 6.07) is 4.32. The second-order valence-corrected chi connectivity index (χ2v) is 8.70. The first-order valence-corrected chi connectivity index (χ1v) is 8.83. The summed E-state index contributed by atoms with van der Waals surface area (Å²) in [6.45, 7) is 0. The zero-order valence-electron chi connectivity index (χ0n) is 10.8. The van der Waals surface area contributed by atoms with Crippen LogP contribution in [0.25, 0.3) is 0 Å². The first-order chi connectivity index (χ1) is 9.06. The van der Waals surface area contributed by atoms with Gasteiger partial charge in [-0.1, -0.05) is 0 Å². The summed E-state index contributed by atoms with van der Waals surface area (Å²) in [5.74, 6) is 3.20. The fourth-order valence-corrected chi connectivity index (χ4v) is 6.52.